The third kappa shape index (κ3) is 3.59. The van der Waals surface area contributed by atoms with Crippen LogP contribution in [0, 0.1) is 0 Å². The SMILES string of the molecule is CN(C)C(=O)N1CCC2(c3ccccc3)CCN(Cc3ccccn3)C(=O)CC12. The van der Waals surface area contributed by atoms with Crippen LogP contribution in [0.15, 0.2) is 54.7 Å². The maximum absolute atomic E-state index is 13.2. The van der Waals surface area contributed by atoms with E-state index in [0.29, 0.717) is 26.1 Å². The lowest BCUT2D eigenvalue weighted by Crippen LogP contribution is -2.48. The Morgan fingerprint density at radius 1 is 1.10 bits per heavy atom. The lowest BCUT2D eigenvalue weighted by molar-refractivity contribution is -0.132. The molecule has 2 unspecified atom stereocenters. The van der Waals surface area contributed by atoms with Gasteiger partial charge >= 0.3 is 6.03 Å². The number of likely N-dealkylation sites (tertiary alicyclic amines) is 2. The molecule has 152 valence electrons. The summed E-state index contributed by atoms with van der Waals surface area (Å²) in [5.74, 6) is 0.0944. The van der Waals surface area contributed by atoms with Crippen molar-refractivity contribution in [2.45, 2.75) is 37.3 Å². The van der Waals surface area contributed by atoms with E-state index < -0.39 is 0 Å². The van der Waals surface area contributed by atoms with Crippen LogP contribution < -0.4 is 0 Å². The first-order chi connectivity index (χ1) is 14.0. The predicted molar refractivity (Wildman–Crippen MR) is 111 cm³/mol. The van der Waals surface area contributed by atoms with Gasteiger partial charge in [-0.2, -0.15) is 0 Å². The minimum absolute atomic E-state index is 0.0150. The maximum atomic E-state index is 13.2. The van der Waals surface area contributed by atoms with Crippen molar-refractivity contribution >= 4 is 11.9 Å². The fraction of sp³-hybridized carbons (Fsp3) is 0.435. The number of pyridine rings is 1. The zero-order valence-electron chi connectivity index (χ0n) is 17.1. The summed E-state index contributed by atoms with van der Waals surface area (Å²) in [5, 5.41) is 0. The number of benzene rings is 1. The van der Waals surface area contributed by atoms with Gasteiger partial charge in [0.2, 0.25) is 5.91 Å². The molecule has 2 atom stereocenters. The second-order valence-electron chi connectivity index (χ2n) is 8.25. The van der Waals surface area contributed by atoms with Gasteiger partial charge < -0.3 is 14.7 Å². The van der Waals surface area contributed by atoms with Crippen molar-refractivity contribution in [2.24, 2.45) is 0 Å². The zero-order chi connectivity index (χ0) is 20.4. The Balaban J connectivity index is 1.67. The van der Waals surface area contributed by atoms with E-state index in [2.05, 4.69) is 29.2 Å². The number of amides is 3. The quantitative estimate of drug-likeness (QED) is 0.807. The van der Waals surface area contributed by atoms with Crippen LogP contribution in [0.1, 0.15) is 30.5 Å². The van der Waals surface area contributed by atoms with Crippen LogP contribution in [-0.2, 0) is 16.8 Å². The van der Waals surface area contributed by atoms with Gasteiger partial charge in [-0.25, -0.2) is 4.79 Å². The van der Waals surface area contributed by atoms with E-state index in [1.165, 1.54) is 5.56 Å². The van der Waals surface area contributed by atoms with Gasteiger partial charge in [0.25, 0.3) is 0 Å². The largest absolute Gasteiger partial charge is 0.337 e. The Morgan fingerprint density at radius 2 is 1.83 bits per heavy atom. The van der Waals surface area contributed by atoms with E-state index in [9.17, 15) is 9.59 Å². The maximum Gasteiger partial charge on any atom is 0.319 e. The molecular weight excluding hydrogens is 364 g/mol. The number of hydrogen-bond donors (Lipinski definition) is 0. The second-order valence-corrected chi connectivity index (χ2v) is 8.25. The van der Waals surface area contributed by atoms with Gasteiger partial charge in [-0.1, -0.05) is 36.4 Å². The molecule has 3 heterocycles. The molecule has 0 N–H and O–H groups in total. The fourth-order valence-electron chi connectivity index (χ4n) is 4.88. The van der Waals surface area contributed by atoms with Crippen molar-refractivity contribution in [3.8, 4) is 0 Å². The van der Waals surface area contributed by atoms with Gasteiger partial charge in [0.15, 0.2) is 0 Å². The van der Waals surface area contributed by atoms with Crippen LogP contribution in [0.4, 0.5) is 4.79 Å². The Kier molecular flexibility index (Phi) is 5.26. The van der Waals surface area contributed by atoms with Crippen LogP contribution in [0.3, 0.4) is 0 Å². The minimum Gasteiger partial charge on any atom is -0.337 e. The average molecular weight is 393 g/mol. The molecule has 2 aliphatic rings. The number of rotatable bonds is 3. The van der Waals surface area contributed by atoms with Crippen molar-refractivity contribution in [1.82, 2.24) is 19.7 Å². The molecule has 0 bridgehead atoms. The number of aromatic nitrogens is 1. The molecule has 1 aromatic carbocycles. The third-order valence-electron chi connectivity index (χ3n) is 6.42. The van der Waals surface area contributed by atoms with Crippen molar-refractivity contribution in [1.29, 1.82) is 0 Å². The molecule has 1 aromatic heterocycles. The van der Waals surface area contributed by atoms with Crippen molar-refractivity contribution in [3.63, 3.8) is 0 Å². The van der Waals surface area contributed by atoms with Gasteiger partial charge in [0, 0.05) is 45.2 Å². The summed E-state index contributed by atoms with van der Waals surface area (Å²) < 4.78 is 0. The molecular formula is C23H28N4O2. The number of hydrogen-bond acceptors (Lipinski definition) is 3. The summed E-state index contributed by atoms with van der Waals surface area (Å²) in [4.78, 5) is 35.9. The van der Waals surface area contributed by atoms with E-state index in [0.717, 1.165) is 18.5 Å². The molecule has 2 fully saturated rings. The number of nitrogens with zero attached hydrogens (tertiary/aromatic N) is 4. The molecule has 2 aromatic rings. The summed E-state index contributed by atoms with van der Waals surface area (Å²) in [7, 11) is 3.55. The second kappa shape index (κ2) is 7.85. The highest BCUT2D eigenvalue weighted by Gasteiger charge is 2.52. The number of urea groups is 1. The van der Waals surface area contributed by atoms with Gasteiger partial charge in [-0.3, -0.25) is 9.78 Å². The van der Waals surface area contributed by atoms with Crippen molar-refractivity contribution in [3.05, 3.63) is 66.0 Å². The topological polar surface area (TPSA) is 56.8 Å². The summed E-state index contributed by atoms with van der Waals surface area (Å²) in [5.41, 5.74) is 1.93. The molecule has 0 spiro atoms. The number of carbonyl (C=O) groups excluding carboxylic acids is 2. The van der Waals surface area contributed by atoms with Gasteiger partial charge in [0.05, 0.1) is 18.3 Å². The standard InChI is InChI=1S/C23H28N4O2/c1-25(2)22(29)27-15-12-23(18-8-4-3-5-9-18)11-14-26(21(28)16-20(23)27)17-19-10-6-7-13-24-19/h3-10,13,20H,11-12,14-17H2,1-2H3. The Bertz CT molecular complexity index is 871. The average Bonchev–Trinajstić information content (AvgIpc) is 3.04. The molecule has 2 saturated heterocycles. The summed E-state index contributed by atoms with van der Waals surface area (Å²) >= 11 is 0. The Hall–Kier alpha value is -2.89. The monoisotopic (exact) mass is 392 g/mol. The molecule has 4 rings (SSSR count). The van der Waals surface area contributed by atoms with Crippen LogP contribution in [0.5, 0.6) is 0 Å². The van der Waals surface area contributed by atoms with Gasteiger partial charge in [-0.15, -0.1) is 0 Å². The van der Waals surface area contributed by atoms with Gasteiger partial charge in [-0.05, 0) is 30.5 Å². The van der Waals surface area contributed by atoms with E-state index in [4.69, 9.17) is 0 Å². The highest BCUT2D eigenvalue weighted by atomic mass is 16.2. The van der Waals surface area contributed by atoms with Crippen LogP contribution in [0.2, 0.25) is 0 Å². The zero-order valence-corrected chi connectivity index (χ0v) is 17.1. The summed E-state index contributed by atoms with van der Waals surface area (Å²) in [6.45, 7) is 1.87. The lowest BCUT2D eigenvalue weighted by Gasteiger charge is -2.37. The van der Waals surface area contributed by atoms with Crippen LogP contribution in [0.25, 0.3) is 0 Å². The Labute approximate surface area is 172 Å². The smallest absolute Gasteiger partial charge is 0.319 e. The molecule has 6 nitrogen and oxygen atoms in total. The third-order valence-corrected chi connectivity index (χ3v) is 6.42. The molecule has 29 heavy (non-hydrogen) atoms. The van der Waals surface area contributed by atoms with Gasteiger partial charge in [0.1, 0.15) is 0 Å². The first-order valence-corrected chi connectivity index (χ1v) is 10.2. The molecule has 0 aliphatic carbocycles. The van der Waals surface area contributed by atoms with Crippen LogP contribution >= 0.6 is 0 Å². The fourth-order valence-corrected chi connectivity index (χ4v) is 4.88. The van der Waals surface area contributed by atoms with Crippen LogP contribution in [-0.4, -0.2) is 64.8 Å². The highest BCUT2D eigenvalue weighted by molar-refractivity contribution is 5.80. The number of carbonyl (C=O) groups is 2. The van der Waals surface area contributed by atoms with E-state index in [1.54, 1.807) is 25.2 Å². The summed E-state index contributed by atoms with van der Waals surface area (Å²) in [6, 6.07) is 16.1. The van der Waals surface area contributed by atoms with E-state index >= 15 is 0 Å². The molecule has 6 heteroatoms. The number of fused-ring (bicyclic) bond motifs is 1. The van der Waals surface area contributed by atoms with E-state index in [-0.39, 0.29) is 23.4 Å². The Morgan fingerprint density at radius 3 is 2.52 bits per heavy atom. The molecule has 0 saturated carbocycles. The molecule has 0 radical (unpaired) electrons. The van der Waals surface area contributed by atoms with Crippen molar-refractivity contribution in [2.75, 3.05) is 27.2 Å². The van der Waals surface area contributed by atoms with E-state index in [1.807, 2.05) is 34.1 Å². The highest BCUT2D eigenvalue weighted by Crippen LogP contribution is 2.46. The minimum atomic E-state index is -0.193. The molecule has 3 amide bonds. The first-order valence-electron chi connectivity index (χ1n) is 10.2. The first kappa shape index (κ1) is 19.4. The summed E-state index contributed by atoms with van der Waals surface area (Å²) in [6.07, 6.45) is 3.83. The normalized spacial score (nSPS) is 24.2. The van der Waals surface area contributed by atoms with Crippen molar-refractivity contribution < 1.29 is 9.59 Å². The lowest BCUT2D eigenvalue weighted by atomic mass is 9.71. The molecule has 2 aliphatic heterocycles. The predicted octanol–water partition coefficient (Wildman–Crippen LogP) is 2.90.